The van der Waals surface area contributed by atoms with Crippen LogP contribution < -0.4 is 0 Å². The smallest absolute Gasteiger partial charge is 0.327 e. The van der Waals surface area contributed by atoms with Crippen LogP contribution in [0.4, 0.5) is 0 Å². The van der Waals surface area contributed by atoms with E-state index in [1.54, 1.807) is 0 Å². The molecule has 0 unspecified atom stereocenters. The van der Waals surface area contributed by atoms with Gasteiger partial charge < -0.3 is 5.11 Å². The summed E-state index contributed by atoms with van der Waals surface area (Å²) in [5, 5.41) is 20.0. The predicted molar refractivity (Wildman–Crippen MR) is 66.3 cm³/mol. The molecule has 6 nitrogen and oxygen atoms in total. The molecule has 0 aliphatic carbocycles. The largest absolute Gasteiger partial charge is 0.480 e. The number of tetrazole rings is 1. The highest BCUT2D eigenvalue weighted by Crippen LogP contribution is 2.25. The molecule has 0 atom stereocenters. The highest BCUT2D eigenvalue weighted by atomic mass is 79.9. The van der Waals surface area contributed by atoms with Crippen LogP contribution in [0.1, 0.15) is 0 Å². The topological polar surface area (TPSA) is 80.9 Å². The van der Waals surface area contributed by atoms with E-state index in [0.29, 0.717) is 5.82 Å². The molecule has 0 fully saturated rings. The second kappa shape index (κ2) is 4.92. The standard InChI is InChI=1S/C9H6Br2N4O2/c10-6-1-5(2-7(11)3-6)9-12-14-15(13-9)4-8(16)17/h1-3H,4H2,(H,16,17). The Morgan fingerprint density at radius 2 is 1.94 bits per heavy atom. The van der Waals surface area contributed by atoms with Crippen molar-refractivity contribution in [3.05, 3.63) is 27.1 Å². The number of benzene rings is 1. The lowest BCUT2D eigenvalue weighted by atomic mass is 10.2. The van der Waals surface area contributed by atoms with E-state index >= 15 is 0 Å². The summed E-state index contributed by atoms with van der Waals surface area (Å²) in [4.78, 5) is 11.5. The van der Waals surface area contributed by atoms with Crippen molar-refractivity contribution >= 4 is 37.8 Å². The fourth-order valence-electron chi connectivity index (χ4n) is 1.23. The number of halogens is 2. The van der Waals surface area contributed by atoms with Gasteiger partial charge in [-0.05, 0) is 23.4 Å². The Bertz CT molecular complexity index is 550. The van der Waals surface area contributed by atoms with Gasteiger partial charge in [0.25, 0.3) is 0 Å². The molecule has 8 heteroatoms. The summed E-state index contributed by atoms with van der Waals surface area (Å²) >= 11 is 6.70. The minimum Gasteiger partial charge on any atom is -0.480 e. The Kier molecular flexibility index (Phi) is 3.53. The van der Waals surface area contributed by atoms with Gasteiger partial charge in [0.1, 0.15) is 0 Å². The fourth-order valence-corrected chi connectivity index (χ4v) is 2.52. The average molecular weight is 362 g/mol. The Morgan fingerprint density at radius 1 is 1.29 bits per heavy atom. The second-order valence-corrected chi connectivity index (χ2v) is 5.03. The van der Waals surface area contributed by atoms with Crippen molar-refractivity contribution < 1.29 is 9.90 Å². The molecule has 1 aromatic carbocycles. The van der Waals surface area contributed by atoms with Gasteiger partial charge in [-0.15, -0.1) is 10.2 Å². The van der Waals surface area contributed by atoms with Crippen LogP contribution in [-0.2, 0) is 11.3 Å². The molecule has 1 aromatic heterocycles. The van der Waals surface area contributed by atoms with Gasteiger partial charge in [0.15, 0.2) is 6.54 Å². The number of aliphatic carboxylic acids is 1. The fraction of sp³-hybridized carbons (Fsp3) is 0.111. The van der Waals surface area contributed by atoms with Gasteiger partial charge in [-0.3, -0.25) is 4.79 Å². The van der Waals surface area contributed by atoms with Gasteiger partial charge in [0.2, 0.25) is 5.82 Å². The number of carboxylic acids is 1. The van der Waals surface area contributed by atoms with Gasteiger partial charge in [-0.2, -0.15) is 4.80 Å². The number of aromatic nitrogens is 4. The maximum atomic E-state index is 10.5. The second-order valence-electron chi connectivity index (χ2n) is 3.20. The summed E-state index contributed by atoms with van der Waals surface area (Å²) in [5.74, 6) is -0.627. The van der Waals surface area contributed by atoms with Gasteiger partial charge >= 0.3 is 5.97 Å². The first-order valence-corrected chi connectivity index (χ1v) is 6.09. The van der Waals surface area contributed by atoms with E-state index in [-0.39, 0.29) is 6.54 Å². The quantitative estimate of drug-likeness (QED) is 0.903. The summed E-state index contributed by atoms with van der Waals surface area (Å²) in [7, 11) is 0. The van der Waals surface area contributed by atoms with E-state index in [2.05, 4.69) is 47.3 Å². The molecule has 2 rings (SSSR count). The third kappa shape index (κ3) is 3.10. The summed E-state index contributed by atoms with van der Waals surface area (Å²) in [6.45, 7) is -0.303. The molecule has 0 saturated heterocycles. The Hall–Kier alpha value is -1.28. The molecule has 0 amide bonds. The zero-order valence-corrected chi connectivity index (χ0v) is 11.5. The van der Waals surface area contributed by atoms with Crippen molar-refractivity contribution in [2.75, 3.05) is 0 Å². The van der Waals surface area contributed by atoms with Crippen LogP contribution in [-0.4, -0.2) is 31.3 Å². The van der Waals surface area contributed by atoms with Gasteiger partial charge in [0, 0.05) is 14.5 Å². The summed E-state index contributed by atoms with van der Waals surface area (Å²) in [6, 6.07) is 5.53. The molecule has 1 N–H and O–H groups in total. The number of nitrogens with zero attached hydrogens (tertiary/aromatic N) is 4. The predicted octanol–water partition coefficient (Wildman–Crippen LogP) is 1.95. The van der Waals surface area contributed by atoms with Gasteiger partial charge in [-0.25, -0.2) is 0 Å². The summed E-state index contributed by atoms with van der Waals surface area (Å²) < 4.78 is 1.74. The zero-order chi connectivity index (χ0) is 12.4. The Labute approximate surface area is 113 Å². The lowest BCUT2D eigenvalue weighted by Gasteiger charge is -1.97. The number of hydrogen-bond acceptors (Lipinski definition) is 4. The van der Waals surface area contributed by atoms with Crippen molar-refractivity contribution in [1.82, 2.24) is 20.2 Å². The highest BCUT2D eigenvalue weighted by molar-refractivity contribution is 9.11. The van der Waals surface area contributed by atoms with Gasteiger partial charge in [-0.1, -0.05) is 31.9 Å². The third-order valence-corrected chi connectivity index (χ3v) is 2.77. The lowest BCUT2D eigenvalue weighted by Crippen LogP contribution is -2.11. The van der Waals surface area contributed by atoms with Crippen molar-refractivity contribution in [3.63, 3.8) is 0 Å². The minimum absolute atomic E-state index is 0.303. The zero-order valence-electron chi connectivity index (χ0n) is 8.34. The van der Waals surface area contributed by atoms with Crippen LogP contribution >= 0.6 is 31.9 Å². The number of hydrogen-bond donors (Lipinski definition) is 1. The molecule has 88 valence electrons. The Balaban J connectivity index is 2.33. The molecule has 17 heavy (non-hydrogen) atoms. The number of carbonyl (C=O) groups is 1. The monoisotopic (exact) mass is 360 g/mol. The number of carboxylic acid groups (broad SMARTS) is 1. The van der Waals surface area contributed by atoms with Crippen LogP contribution in [0.5, 0.6) is 0 Å². The molecule has 2 aromatic rings. The normalized spacial score (nSPS) is 10.5. The molecule has 0 radical (unpaired) electrons. The van der Waals surface area contributed by atoms with Gasteiger partial charge in [0.05, 0.1) is 0 Å². The molecule has 0 spiro atoms. The highest BCUT2D eigenvalue weighted by Gasteiger charge is 2.09. The molecule has 0 bridgehead atoms. The SMILES string of the molecule is O=C(O)Cn1nnc(-c2cc(Br)cc(Br)c2)n1. The van der Waals surface area contributed by atoms with E-state index in [9.17, 15) is 4.79 Å². The van der Waals surface area contributed by atoms with E-state index in [0.717, 1.165) is 19.3 Å². The van der Waals surface area contributed by atoms with Crippen LogP contribution in [0.2, 0.25) is 0 Å². The molecule has 0 aliphatic heterocycles. The van der Waals surface area contributed by atoms with Crippen molar-refractivity contribution in [2.45, 2.75) is 6.54 Å². The molecular formula is C9H6Br2N4O2. The van der Waals surface area contributed by atoms with Crippen LogP contribution in [0.3, 0.4) is 0 Å². The molecular weight excluding hydrogens is 356 g/mol. The average Bonchev–Trinajstić information content (AvgIpc) is 2.63. The van der Waals surface area contributed by atoms with Crippen LogP contribution in [0.25, 0.3) is 11.4 Å². The molecule has 0 aliphatic rings. The lowest BCUT2D eigenvalue weighted by molar-refractivity contribution is -0.138. The first-order chi connectivity index (χ1) is 8.04. The Morgan fingerprint density at radius 3 is 2.53 bits per heavy atom. The number of rotatable bonds is 3. The maximum absolute atomic E-state index is 10.5. The van der Waals surface area contributed by atoms with E-state index in [4.69, 9.17) is 5.11 Å². The van der Waals surface area contributed by atoms with E-state index in [1.807, 2.05) is 18.2 Å². The molecule has 1 heterocycles. The summed E-state index contributed by atoms with van der Waals surface area (Å²) in [6.07, 6.45) is 0. The first-order valence-electron chi connectivity index (χ1n) is 4.50. The van der Waals surface area contributed by atoms with Crippen LogP contribution in [0.15, 0.2) is 27.1 Å². The van der Waals surface area contributed by atoms with Crippen molar-refractivity contribution in [3.8, 4) is 11.4 Å². The first kappa shape index (κ1) is 12.2. The van der Waals surface area contributed by atoms with Crippen molar-refractivity contribution in [2.24, 2.45) is 0 Å². The molecule has 0 saturated carbocycles. The maximum Gasteiger partial charge on any atom is 0.327 e. The van der Waals surface area contributed by atoms with E-state index < -0.39 is 5.97 Å². The third-order valence-electron chi connectivity index (χ3n) is 1.85. The summed E-state index contributed by atoms with van der Waals surface area (Å²) in [5.41, 5.74) is 0.753. The minimum atomic E-state index is -1.01. The van der Waals surface area contributed by atoms with Crippen LogP contribution in [0, 0.1) is 0 Å². The van der Waals surface area contributed by atoms with E-state index in [1.165, 1.54) is 0 Å². The van der Waals surface area contributed by atoms with Crippen molar-refractivity contribution in [1.29, 1.82) is 0 Å².